The molecular weight excluding hydrogens is 356 g/mol. The van der Waals surface area contributed by atoms with Crippen molar-refractivity contribution < 1.29 is 21.5 Å². The van der Waals surface area contributed by atoms with Gasteiger partial charge in [0.25, 0.3) is 5.82 Å². The van der Waals surface area contributed by atoms with Crippen LogP contribution in [0.2, 0.25) is 0 Å². The van der Waals surface area contributed by atoms with E-state index in [-0.39, 0.29) is 17.0 Å². The smallest absolute Gasteiger partial charge is 0.253 e. The van der Waals surface area contributed by atoms with Gasteiger partial charge in [-0.3, -0.25) is 0 Å². The van der Waals surface area contributed by atoms with Gasteiger partial charge >= 0.3 is 0 Å². The van der Waals surface area contributed by atoms with E-state index >= 15 is 0 Å². The summed E-state index contributed by atoms with van der Waals surface area (Å²) in [6.07, 6.45) is 5.49. The van der Waals surface area contributed by atoms with Crippen LogP contribution in [0.25, 0.3) is 0 Å². The topological polar surface area (TPSA) is 8.81 Å². The monoisotopic (exact) mass is 372 g/mol. The molecule has 0 saturated carbocycles. The summed E-state index contributed by atoms with van der Waals surface area (Å²) in [6.45, 7) is 6.39. The molecule has 0 aliphatic heterocycles. The van der Waals surface area contributed by atoms with Crippen molar-refractivity contribution in [3.8, 4) is 0 Å². The number of benzene rings is 1. The average Bonchev–Trinajstić information content (AvgIpc) is 2.65. The summed E-state index contributed by atoms with van der Waals surface area (Å²) in [5.41, 5.74) is 1.31. The SMILES string of the molecule is CCCn1cc[n+](Cc2ccccc2Br)c1C.[Br-]. The van der Waals surface area contributed by atoms with Gasteiger partial charge in [-0.05, 0) is 12.5 Å². The molecule has 0 N–H and O–H groups in total. The van der Waals surface area contributed by atoms with Gasteiger partial charge in [0.1, 0.15) is 18.9 Å². The maximum atomic E-state index is 3.60. The molecule has 2 rings (SSSR count). The van der Waals surface area contributed by atoms with Gasteiger partial charge in [-0.15, -0.1) is 0 Å². The van der Waals surface area contributed by atoms with Gasteiger partial charge in [0.05, 0.1) is 6.54 Å². The fourth-order valence-corrected chi connectivity index (χ4v) is 2.41. The van der Waals surface area contributed by atoms with E-state index in [2.05, 4.69) is 69.5 Å². The molecule has 0 radical (unpaired) electrons. The summed E-state index contributed by atoms with van der Waals surface area (Å²) in [5, 5.41) is 0. The van der Waals surface area contributed by atoms with Crippen LogP contribution in [0.4, 0.5) is 0 Å². The quantitative estimate of drug-likeness (QED) is 0.682. The first kappa shape index (κ1) is 15.4. The van der Waals surface area contributed by atoms with E-state index in [0.717, 1.165) is 13.1 Å². The molecule has 0 spiro atoms. The number of nitrogens with zero attached hydrogens (tertiary/aromatic N) is 2. The summed E-state index contributed by atoms with van der Waals surface area (Å²) < 4.78 is 5.77. The predicted octanol–water partition coefficient (Wildman–Crippen LogP) is 0.309. The minimum Gasteiger partial charge on any atom is -1.00 e. The maximum absolute atomic E-state index is 3.60. The standard InChI is InChI=1S/C14H18BrN2.BrH/c1-3-8-16-9-10-17(12(16)2)11-13-6-4-5-7-14(13)15;/h4-7,9-10H,3,8,11H2,1-2H3;1H/q+1;/p-1. The Labute approximate surface area is 128 Å². The second-order valence-corrected chi connectivity index (χ2v) is 5.11. The van der Waals surface area contributed by atoms with Crippen molar-refractivity contribution in [1.82, 2.24) is 4.57 Å². The number of hydrogen-bond acceptors (Lipinski definition) is 0. The third-order valence-corrected chi connectivity index (χ3v) is 3.79. The molecule has 98 valence electrons. The summed E-state index contributed by atoms with van der Waals surface area (Å²) in [6, 6.07) is 8.38. The maximum Gasteiger partial charge on any atom is 0.253 e. The van der Waals surface area contributed by atoms with Gasteiger partial charge in [-0.2, -0.15) is 0 Å². The molecule has 1 aromatic heterocycles. The average molecular weight is 374 g/mol. The summed E-state index contributed by atoms with van der Waals surface area (Å²) in [7, 11) is 0. The van der Waals surface area contributed by atoms with Crippen molar-refractivity contribution >= 4 is 15.9 Å². The van der Waals surface area contributed by atoms with Gasteiger partial charge in [-0.1, -0.05) is 41.1 Å². The molecule has 2 aromatic rings. The normalized spacial score (nSPS) is 10.2. The highest BCUT2D eigenvalue weighted by Gasteiger charge is 2.12. The Morgan fingerprint density at radius 3 is 2.67 bits per heavy atom. The Bertz CT molecular complexity index is 506. The van der Waals surface area contributed by atoms with Gasteiger partial charge in [-0.25, -0.2) is 9.13 Å². The van der Waals surface area contributed by atoms with Crippen molar-refractivity contribution in [2.75, 3.05) is 0 Å². The van der Waals surface area contributed by atoms with E-state index in [1.807, 2.05) is 6.07 Å². The lowest BCUT2D eigenvalue weighted by molar-refractivity contribution is -0.694. The van der Waals surface area contributed by atoms with Crippen LogP contribution in [0.5, 0.6) is 0 Å². The molecule has 2 nitrogen and oxygen atoms in total. The van der Waals surface area contributed by atoms with E-state index in [0.29, 0.717) is 0 Å². The number of imidazole rings is 1. The zero-order valence-corrected chi connectivity index (χ0v) is 13.9. The Balaban J connectivity index is 0.00000162. The molecule has 1 heterocycles. The molecule has 0 atom stereocenters. The van der Waals surface area contributed by atoms with Crippen LogP contribution in [-0.4, -0.2) is 4.57 Å². The Kier molecular flexibility index (Phi) is 6.09. The number of hydrogen-bond donors (Lipinski definition) is 0. The summed E-state index contributed by atoms with van der Waals surface area (Å²) >= 11 is 3.60. The number of halogens is 2. The molecular formula is C14H18Br2N2. The fraction of sp³-hybridized carbons (Fsp3) is 0.357. The molecule has 0 bridgehead atoms. The van der Waals surface area contributed by atoms with E-state index in [1.165, 1.54) is 22.3 Å². The van der Waals surface area contributed by atoms with E-state index in [1.54, 1.807) is 0 Å². The van der Waals surface area contributed by atoms with E-state index in [9.17, 15) is 0 Å². The van der Waals surface area contributed by atoms with Crippen molar-refractivity contribution in [2.45, 2.75) is 33.4 Å². The second kappa shape index (κ2) is 7.10. The second-order valence-electron chi connectivity index (χ2n) is 4.26. The molecule has 0 aliphatic carbocycles. The third kappa shape index (κ3) is 3.45. The predicted molar refractivity (Wildman–Crippen MR) is 72.9 cm³/mol. The lowest BCUT2D eigenvalue weighted by atomic mass is 10.2. The highest BCUT2D eigenvalue weighted by molar-refractivity contribution is 9.10. The Morgan fingerprint density at radius 1 is 1.28 bits per heavy atom. The summed E-state index contributed by atoms with van der Waals surface area (Å²) in [5.74, 6) is 1.31. The van der Waals surface area contributed by atoms with Gasteiger partial charge in [0, 0.05) is 17.0 Å². The van der Waals surface area contributed by atoms with Crippen LogP contribution in [-0.2, 0) is 13.1 Å². The Hall–Kier alpha value is -0.610. The highest BCUT2D eigenvalue weighted by Crippen LogP contribution is 2.15. The number of rotatable bonds is 4. The highest BCUT2D eigenvalue weighted by atomic mass is 79.9. The fourth-order valence-electron chi connectivity index (χ4n) is 2.00. The summed E-state index contributed by atoms with van der Waals surface area (Å²) in [4.78, 5) is 0. The van der Waals surface area contributed by atoms with Crippen molar-refractivity contribution in [2.24, 2.45) is 0 Å². The molecule has 0 saturated heterocycles. The zero-order chi connectivity index (χ0) is 12.3. The molecule has 0 amide bonds. The van der Waals surface area contributed by atoms with E-state index in [4.69, 9.17) is 0 Å². The van der Waals surface area contributed by atoms with Crippen molar-refractivity contribution in [1.29, 1.82) is 0 Å². The molecule has 0 fully saturated rings. The lowest BCUT2D eigenvalue weighted by Crippen LogP contribution is -3.00. The first-order chi connectivity index (χ1) is 8.22. The van der Waals surface area contributed by atoms with Crippen LogP contribution >= 0.6 is 15.9 Å². The van der Waals surface area contributed by atoms with Crippen molar-refractivity contribution in [3.63, 3.8) is 0 Å². The molecule has 18 heavy (non-hydrogen) atoms. The van der Waals surface area contributed by atoms with Gasteiger partial charge in [0.15, 0.2) is 0 Å². The van der Waals surface area contributed by atoms with Gasteiger partial charge in [0.2, 0.25) is 0 Å². The van der Waals surface area contributed by atoms with Crippen LogP contribution in [0.3, 0.4) is 0 Å². The Morgan fingerprint density at radius 2 is 2.00 bits per heavy atom. The number of aromatic nitrogens is 2. The van der Waals surface area contributed by atoms with Crippen molar-refractivity contribution in [3.05, 3.63) is 52.5 Å². The first-order valence-corrected chi connectivity index (χ1v) is 6.80. The lowest BCUT2D eigenvalue weighted by Gasteiger charge is -2.03. The van der Waals surface area contributed by atoms with Crippen LogP contribution in [0, 0.1) is 6.92 Å². The number of aryl methyl sites for hydroxylation is 1. The largest absolute Gasteiger partial charge is 1.00 e. The minimum absolute atomic E-state index is 0. The van der Waals surface area contributed by atoms with E-state index < -0.39 is 0 Å². The molecule has 0 aliphatic rings. The molecule has 4 heteroatoms. The van der Waals surface area contributed by atoms with Gasteiger partial charge < -0.3 is 17.0 Å². The van der Waals surface area contributed by atoms with Crippen LogP contribution in [0.15, 0.2) is 41.1 Å². The first-order valence-electron chi connectivity index (χ1n) is 6.01. The van der Waals surface area contributed by atoms with Crippen LogP contribution in [0.1, 0.15) is 24.7 Å². The van der Waals surface area contributed by atoms with Crippen LogP contribution < -0.4 is 21.5 Å². The molecule has 1 aromatic carbocycles. The minimum atomic E-state index is 0. The third-order valence-electron chi connectivity index (χ3n) is 3.02. The molecule has 0 unspecified atom stereocenters. The zero-order valence-electron chi connectivity index (χ0n) is 10.7.